The fourth-order valence-electron chi connectivity index (χ4n) is 0.641. The third kappa shape index (κ3) is 0.974. The molecule has 0 saturated heterocycles. The van der Waals surface area contributed by atoms with Gasteiger partial charge < -0.3 is 9.67 Å². The Morgan fingerprint density at radius 3 is 2.70 bits per heavy atom. The predicted molar refractivity (Wildman–Crippen MR) is 35.2 cm³/mol. The van der Waals surface area contributed by atoms with Gasteiger partial charge in [-0.25, -0.2) is 9.78 Å². The van der Waals surface area contributed by atoms with E-state index in [9.17, 15) is 4.79 Å². The molecule has 0 atom stereocenters. The number of imidazole rings is 1. The molecular weight excluding hydrogens is 156 g/mol. The molecule has 0 fully saturated rings. The van der Waals surface area contributed by atoms with Gasteiger partial charge in [-0.3, -0.25) is 0 Å². The number of hydrogen-bond acceptors (Lipinski definition) is 2. The molecule has 5 heteroatoms. The number of aromatic carboxylic acids is 1. The van der Waals surface area contributed by atoms with Crippen molar-refractivity contribution in [3.63, 3.8) is 0 Å². The highest BCUT2D eigenvalue weighted by Gasteiger charge is 2.12. The van der Waals surface area contributed by atoms with Gasteiger partial charge in [-0.15, -0.1) is 0 Å². The largest absolute Gasteiger partial charge is 0.476 e. The van der Waals surface area contributed by atoms with Crippen molar-refractivity contribution < 1.29 is 9.90 Å². The lowest BCUT2D eigenvalue weighted by Gasteiger charge is -1.93. The number of aromatic nitrogens is 2. The second-order valence-corrected chi connectivity index (χ2v) is 2.16. The summed E-state index contributed by atoms with van der Waals surface area (Å²) >= 11 is 5.43. The fraction of sp³-hybridized carbons (Fsp3) is 0.200. The summed E-state index contributed by atoms with van der Waals surface area (Å²) in [5, 5.41) is 8.51. The van der Waals surface area contributed by atoms with Gasteiger partial charge in [0.15, 0.2) is 10.8 Å². The Morgan fingerprint density at radius 2 is 2.50 bits per heavy atom. The van der Waals surface area contributed by atoms with E-state index in [1.165, 1.54) is 10.9 Å². The van der Waals surface area contributed by atoms with E-state index in [1.54, 1.807) is 7.05 Å². The molecule has 0 bridgehead atoms. The summed E-state index contributed by atoms with van der Waals surface area (Å²) in [4.78, 5) is 13.9. The van der Waals surface area contributed by atoms with Gasteiger partial charge in [0.25, 0.3) is 0 Å². The van der Waals surface area contributed by atoms with Crippen LogP contribution in [-0.4, -0.2) is 20.6 Å². The summed E-state index contributed by atoms with van der Waals surface area (Å²) in [6.07, 6.45) is 1.35. The van der Waals surface area contributed by atoms with Gasteiger partial charge in [0, 0.05) is 7.05 Å². The van der Waals surface area contributed by atoms with Gasteiger partial charge in [-0.2, -0.15) is 0 Å². The second kappa shape index (κ2) is 2.30. The maximum atomic E-state index is 10.4. The Balaban J connectivity index is 3.23. The van der Waals surface area contributed by atoms with Crippen LogP contribution in [0.1, 0.15) is 10.5 Å². The lowest BCUT2D eigenvalue weighted by molar-refractivity contribution is 0.0687. The number of rotatable bonds is 1. The minimum atomic E-state index is -1.06. The average molecular weight is 161 g/mol. The number of halogens is 1. The maximum Gasteiger partial charge on any atom is 0.355 e. The smallest absolute Gasteiger partial charge is 0.355 e. The van der Waals surface area contributed by atoms with Crippen LogP contribution in [0.2, 0.25) is 5.15 Å². The number of carbonyl (C=O) groups is 1. The molecule has 0 aliphatic heterocycles. The number of carboxylic acids is 1. The van der Waals surface area contributed by atoms with E-state index in [-0.39, 0.29) is 10.8 Å². The Bertz CT molecular complexity index is 249. The summed E-state index contributed by atoms with van der Waals surface area (Å²) in [7, 11) is 1.57. The molecule has 1 aromatic rings. The molecule has 1 aromatic heterocycles. The summed E-state index contributed by atoms with van der Waals surface area (Å²) in [5.41, 5.74) is 0.0154. The van der Waals surface area contributed by atoms with Crippen molar-refractivity contribution in [2.45, 2.75) is 0 Å². The van der Waals surface area contributed by atoms with Crippen LogP contribution >= 0.6 is 11.6 Å². The first-order valence-corrected chi connectivity index (χ1v) is 2.91. The van der Waals surface area contributed by atoms with Gasteiger partial charge in [-0.05, 0) is 0 Å². The molecule has 1 N–H and O–H groups in total. The van der Waals surface area contributed by atoms with E-state index in [4.69, 9.17) is 16.7 Å². The minimum absolute atomic E-state index is 0.0154. The molecule has 1 rings (SSSR count). The van der Waals surface area contributed by atoms with Crippen LogP contribution < -0.4 is 0 Å². The van der Waals surface area contributed by atoms with Crippen LogP contribution in [0.4, 0.5) is 0 Å². The van der Waals surface area contributed by atoms with Crippen LogP contribution in [0.15, 0.2) is 6.33 Å². The summed E-state index contributed by atoms with van der Waals surface area (Å²) < 4.78 is 1.35. The van der Waals surface area contributed by atoms with E-state index in [2.05, 4.69) is 4.98 Å². The molecular formula is C5H5ClN2O2. The van der Waals surface area contributed by atoms with E-state index in [0.717, 1.165) is 0 Å². The molecule has 4 nitrogen and oxygen atoms in total. The minimum Gasteiger partial charge on any atom is -0.476 e. The predicted octanol–water partition coefficient (Wildman–Crippen LogP) is 0.772. The molecule has 0 saturated carbocycles. The molecule has 1 heterocycles. The van der Waals surface area contributed by atoms with Crippen molar-refractivity contribution >= 4 is 17.6 Å². The summed E-state index contributed by atoms with van der Waals surface area (Å²) in [6.45, 7) is 0. The first-order valence-electron chi connectivity index (χ1n) is 2.53. The molecule has 0 aliphatic carbocycles. The molecule has 0 amide bonds. The van der Waals surface area contributed by atoms with Crippen LogP contribution in [0.5, 0.6) is 0 Å². The molecule has 10 heavy (non-hydrogen) atoms. The lowest BCUT2D eigenvalue weighted by atomic mass is 10.5. The standard InChI is InChI=1S/C5H5ClN2O2/c1-8-2-7-4(6)3(8)5(9)10/h2H,1H3,(H,9,10). The fourth-order valence-corrected chi connectivity index (χ4v) is 0.899. The number of aryl methyl sites for hydroxylation is 1. The molecule has 0 aromatic carbocycles. The third-order valence-electron chi connectivity index (χ3n) is 1.09. The van der Waals surface area contributed by atoms with E-state index < -0.39 is 5.97 Å². The van der Waals surface area contributed by atoms with Crippen molar-refractivity contribution in [2.75, 3.05) is 0 Å². The first-order chi connectivity index (χ1) is 4.63. The molecule has 0 radical (unpaired) electrons. The van der Waals surface area contributed by atoms with Crippen LogP contribution in [-0.2, 0) is 7.05 Å². The zero-order valence-corrected chi connectivity index (χ0v) is 5.96. The van der Waals surface area contributed by atoms with Crippen LogP contribution in [0.3, 0.4) is 0 Å². The first kappa shape index (κ1) is 7.08. The SMILES string of the molecule is Cn1cnc(Cl)c1C(=O)O. The Hall–Kier alpha value is -1.03. The van der Waals surface area contributed by atoms with E-state index in [0.29, 0.717) is 0 Å². The molecule has 0 unspecified atom stereocenters. The zero-order chi connectivity index (χ0) is 7.72. The van der Waals surface area contributed by atoms with Crippen molar-refractivity contribution in [1.82, 2.24) is 9.55 Å². The zero-order valence-electron chi connectivity index (χ0n) is 5.21. The Labute approximate surface area is 62.1 Å². The van der Waals surface area contributed by atoms with Gasteiger partial charge in [-0.1, -0.05) is 11.6 Å². The van der Waals surface area contributed by atoms with Gasteiger partial charge in [0.1, 0.15) is 0 Å². The highest BCUT2D eigenvalue weighted by atomic mass is 35.5. The quantitative estimate of drug-likeness (QED) is 0.660. The number of nitrogens with zero attached hydrogens (tertiary/aromatic N) is 2. The highest BCUT2D eigenvalue weighted by molar-refractivity contribution is 6.32. The van der Waals surface area contributed by atoms with E-state index >= 15 is 0 Å². The Kier molecular flexibility index (Phi) is 1.63. The van der Waals surface area contributed by atoms with Crippen molar-refractivity contribution in [1.29, 1.82) is 0 Å². The third-order valence-corrected chi connectivity index (χ3v) is 1.37. The van der Waals surface area contributed by atoms with Crippen molar-refractivity contribution in [2.24, 2.45) is 7.05 Å². The highest BCUT2D eigenvalue weighted by Crippen LogP contribution is 2.11. The number of carboxylic acid groups (broad SMARTS) is 1. The topological polar surface area (TPSA) is 55.1 Å². The van der Waals surface area contributed by atoms with Crippen LogP contribution in [0.25, 0.3) is 0 Å². The maximum absolute atomic E-state index is 10.4. The lowest BCUT2D eigenvalue weighted by Crippen LogP contribution is -2.03. The van der Waals surface area contributed by atoms with Gasteiger partial charge >= 0.3 is 5.97 Å². The molecule has 54 valence electrons. The second-order valence-electron chi connectivity index (χ2n) is 1.80. The van der Waals surface area contributed by atoms with Crippen molar-refractivity contribution in [3.8, 4) is 0 Å². The Morgan fingerprint density at radius 1 is 1.90 bits per heavy atom. The molecule has 0 aliphatic rings. The summed E-state index contributed by atoms with van der Waals surface area (Å²) in [6, 6.07) is 0. The van der Waals surface area contributed by atoms with E-state index in [1.807, 2.05) is 0 Å². The number of hydrogen-bond donors (Lipinski definition) is 1. The van der Waals surface area contributed by atoms with Gasteiger partial charge in [0.2, 0.25) is 0 Å². The average Bonchev–Trinajstić information content (AvgIpc) is 2.11. The van der Waals surface area contributed by atoms with Gasteiger partial charge in [0.05, 0.1) is 6.33 Å². The molecule has 0 spiro atoms. The van der Waals surface area contributed by atoms with Crippen molar-refractivity contribution in [3.05, 3.63) is 17.2 Å². The summed E-state index contributed by atoms with van der Waals surface area (Å²) in [5.74, 6) is -1.06. The normalized spacial score (nSPS) is 9.80. The van der Waals surface area contributed by atoms with Crippen LogP contribution in [0, 0.1) is 0 Å². The monoisotopic (exact) mass is 160 g/mol.